The normalized spacial score (nSPS) is 11.3. The van der Waals surface area contributed by atoms with Gasteiger partial charge in [-0.25, -0.2) is 8.78 Å². The molecule has 7 heteroatoms. The third-order valence-electron chi connectivity index (χ3n) is 2.64. The molecular weight excluding hydrogens is 344 g/mol. The van der Waals surface area contributed by atoms with Gasteiger partial charge in [-0.15, -0.1) is 0 Å². The molecule has 0 bridgehead atoms. The maximum absolute atomic E-state index is 13.6. The molecule has 0 radical (unpaired) electrons. The van der Waals surface area contributed by atoms with E-state index in [4.69, 9.17) is 0 Å². The molecule has 2 N–H and O–H groups in total. The predicted molar refractivity (Wildman–Crippen MR) is 80.6 cm³/mol. The van der Waals surface area contributed by atoms with Crippen LogP contribution in [-0.4, -0.2) is 12.0 Å². The summed E-state index contributed by atoms with van der Waals surface area (Å²) < 4.78 is 27.2. The van der Waals surface area contributed by atoms with Gasteiger partial charge in [-0.3, -0.25) is 4.98 Å². The highest BCUT2D eigenvalue weighted by atomic mass is 79.9. The van der Waals surface area contributed by atoms with E-state index in [1.807, 2.05) is 0 Å². The molecule has 112 valence electrons. The second kappa shape index (κ2) is 8.53. The van der Waals surface area contributed by atoms with Crippen molar-refractivity contribution in [2.75, 3.05) is 7.05 Å². The third-order valence-corrected chi connectivity index (χ3v) is 3.11. The van der Waals surface area contributed by atoms with Crippen molar-refractivity contribution < 1.29 is 8.78 Å². The van der Waals surface area contributed by atoms with E-state index in [-0.39, 0.29) is 12.0 Å². The van der Waals surface area contributed by atoms with Gasteiger partial charge in [0.25, 0.3) is 0 Å². The van der Waals surface area contributed by atoms with Crippen LogP contribution in [0.1, 0.15) is 17.3 Å². The number of rotatable bonds is 4. The summed E-state index contributed by atoms with van der Waals surface area (Å²) in [6, 6.07) is 5.63. The lowest BCUT2D eigenvalue weighted by Gasteiger charge is -2.10. The van der Waals surface area contributed by atoms with Crippen molar-refractivity contribution in [1.82, 2.24) is 4.98 Å². The zero-order chi connectivity index (χ0) is 15.8. The van der Waals surface area contributed by atoms with E-state index in [0.29, 0.717) is 5.69 Å². The summed E-state index contributed by atoms with van der Waals surface area (Å²) in [7, 11) is 1.50. The average molecular weight is 358 g/mol. The molecule has 0 spiro atoms. The molecule has 1 unspecified atom stereocenters. The van der Waals surface area contributed by atoms with Gasteiger partial charge in [0, 0.05) is 34.4 Å². The SMILES string of the molecule is CN.O=NC(Cc1ccc(Br)cn1)c1ccc(F)cc1F. The monoisotopic (exact) mass is 357 g/mol. The van der Waals surface area contributed by atoms with Crippen molar-refractivity contribution >= 4 is 15.9 Å². The number of hydrogen-bond donors (Lipinski definition) is 1. The van der Waals surface area contributed by atoms with Crippen LogP contribution in [-0.2, 0) is 6.42 Å². The predicted octanol–water partition coefficient (Wildman–Crippen LogP) is 3.75. The fourth-order valence-corrected chi connectivity index (χ4v) is 1.94. The molecule has 0 saturated heterocycles. The number of benzene rings is 1. The average Bonchev–Trinajstić information content (AvgIpc) is 2.49. The summed E-state index contributed by atoms with van der Waals surface area (Å²) >= 11 is 3.24. The molecule has 2 rings (SSSR count). The van der Waals surface area contributed by atoms with Gasteiger partial charge in [0.05, 0.1) is 0 Å². The first-order valence-electron chi connectivity index (χ1n) is 6.05. The molecule has 0 fully saturated rings. The van der Waals surface area contributed by atoms with Gasteiger partial charge in [-0.05, 0) is 41.2 Å². The number of hydrogen-bond acceptors (Lipinski definition) is 4. The summed E-state index contributed by atoms with van der Waals surface area (Å²) in [6.07, 6.45) is 1.75. The lowest BCUT2D eigenvalue weighted by Crippen LogP contribution is -2.04. The van der Waals surface area contributed by atoms with E-state index >= 15 is 0 Å². The highest BCUT2D eigenvalue weighted by molar-refractivity contribution is 9.10. The standard InChI is InChI=1S/C13H9BrF2N2O.CH5N/c14-8-1-3-10(17-7-8)6-13(18-19)11-4-2-9(15)5-12(11)16;1-2/h1-5,7,13H,6H2;2H2,1H3. The highest BCUT2D eigenvalue weighted by Crippen LogP contribution is 2.25. The number of nitroso groups, excluding NO2 is 1. The molecule has 1 heterocycles. The molecule has 2 aromatic rings. The summed E-state index contributed by atoms with van der Waals surface area (Å²) in [5.41, 5.74) is 5.18. The molecular formula is C14H14BrF2N3O. The van der Waals surface area contributed by atoms with Crippen LogP contribution in [0.15, 0.2) is 46.2 Å². The molecule has 0 amide bonds. The molecule has 0 saturated carbocycles. The fraction of sp³-hybridized carbons (Fsp3) is 0.214. The zero-order valence-corrected chi connectivity index (χ0v) is 12.8. The summed E-state index contributed by atoms with van der Waals surface area (Å²) in [5.74, 6) is -1.46. The van der Waals surface area contributed by atoms with Gasteiger partial charge < -0.3 is 5.73 Å². The van der Waals surface area contributed by atoms with Crippen molar-refractivity contribution in [3.05, 3.63) is 68.8 Å². The van der Waals surface area contributed by atoms with Gasteiger partial charge in [-0.1, -0.05) is 11.2 Å². The Labute approximate surface area is 129 Å². The van der Waals surface area contributed by atoms with E-state index in [2.05, 4.69) is 31.8 Å². The minimum Gasteiger partial charge on any atom is -0.333 e. The lowest BCUT2D eigenvalue weighted by atomic mass is 10.0. The molecule has 21 heavy (non-hydrogen) atoms. The van der Waals surface area contributed by atoms with Crippen LogP contribution in [0.3, 0.4) is 0 Å². The Morgan fingerprint density at radius 1 is 1.29 bits per heavy atom. The van der Waals surface area contributed by atoms with Crippen molar-refractivity contribution in [2.24, 2.45) is 10.9 Å². The first-order chi connectivity index (χ1) is 10.1. The Balaban J connectivity index is 0.00000106. The Hall–Kier alpha value is -1.73. The quantitative estimate of drug-likeness (QED) is 0.847. The van der Waals surface area contributed by atoms with E-state index in [1.165, 1.54) is 13.1 Å². The van der Waals surface area contributed by atoms with Gasteiger partial charge in [0.1, 0.15) is 17.7 Å². The highest BCUT2D eigenvalue weighted by Gasteiger charge is 2.18. The number of pyridine rings is 1. The van der Waals surface area contributed by atoms with Crippen LogP contribution in [0, 0.1) is 16.5 Å². The van der Waals surface area contributed by atoms with Crippen molar-refractivity contribution in [1.29, 1.82) is 0 Å². The Bertz CT molecular complexity index is 593. The van der Waals surface area contributed by atoms with Crippen LogP contribution >= 0.6 is 15.9 Å². The van der Waals surface area contributed by atoms with Crippen molar-refractivity contribution in [3.8, 4) is 0 Å². The maximum atomic E-state index is 13.6. The van der Waals surface area contributed by atoms with E-state index in [0.717, 1.165) is 16.6 Å². The summed E-state index contributed by atoms with van der Waals surface area (Å²) in [6.45, 7) is 0. The molecule has 1 aromatic heterocycles. The molecule has 1 atom stereocenters. The molecule has 4 nitrogen and oxygen atoms in total. The van der Waals surface area contributed by atoms with Crippen molar-refractivity contribution in [2.45, 2.75) is 12.5 Å². The minimum atomic E-state index is -0.922. The third kappa shape index (κ3) is 4.95. The summed E-state index contributed by atoms with van der Waals surface area (Å²) in [5, 5.41) is 2.90. The Kier molecular flexibility index (Phi) is 7.04. The van der Waals surface area contributed by atoms with Crippen LogP contribution in [0.5, 0.6) is 0 Å². The second-order valence-corrected chi connectivity index (χ2v) is 4.87. The van der Waals surface area contributed by atoms with E-state index < -0.39 is 17.7 Å². The summed E-state index contributed by atoms with van der Waals surface area (Å²) in [4.78, 5) is 15.0. The molecule has 0 aliphatic heterocycles. The number of nitrogens with zero attached hydrogens (tertiary/aromatic N) is 2. The Morgan fingerprint density at radius 2 is 2.00 bits per heavy atom. The second-order valence-electron chi connectivity index (χ2n) is 3.96. The van der Waals surface area contributed by atoms with Crippen molar-refractivity contribution in [3.63, 3.8) is 0 Å². The van der Waals surface area contributed by atoms with E-state index in [1.54, 1.807) is 18.3 Å². The topological polar surface area (TPSA) is 68.3 Å². The van der Waals surface area contributed by atoms with Crippen LogP contribution < -0.4 is 5.73 Å². The molecule has 1 aromatic carbocycles. The largest absolute Gasteiger partial charge is 0.333 e. The number of nitrogens with two attached hydrogens (primary N) is 1. The maximum Gasteiger partial charge on any atom is 0.131 e. The van der Waals surface area contributed by atoms with Gasteiger partial charge in [-0.2, -0.15) is 4.91 Å². The smallest absolute Gasteiger partial charge is 0.131 e. The Morgan fingerprint density at radius 3 is 2.52 bits per heavy atom. The van der Waals surface area contributed by atoms with E-state index in [9.17, 15) is 13.7 Å². The van der Waals surface area contributed by atoms with Gasteiger partial charge >= 0.3 is 0 Å². The van der Waals surface area contributed by atoms with Crippen LogP contribution in [0.25, 0.3) is 0 Å². The van der Waals surface area contributed by atoms with Crippen LogP contribution in [0.4, 0.5) is 8.78 Å². The lowest BCUT2D eigenvalue weighted by molar-refractivity contribution is 0.552. The zero-order valence-electron chi connectivity index (χ0n) is 11.3. The van der Waals surface area contributed by atoms with Gasteiger partial charge in [0.15, 0.2) is 0 Å². The fourth-order valence-electron chi connectivity index (χ4n) is 1.70. The first-order valence-corrected chi connectivity index (χ1v) is 6.85. The first kappa shape index (κ1) is 17.3. The molecule has 0 aliphatic carbocycles. The number of halogens is 3. The van der Waals surface area contributed by atoms with Crippen LogP contribution in [0.2, 0.25) is 0 Å². The van der Waals surface area contributed by atoms with Gasteiger partial charge in [0.2, 0.25) is 0 Å². The minimum absolute atomic E-state index is 0.0705. The number of aromatic nitrogens is 1. The molecule has 0 aliphatic rings.